The Morgan fingerprint density at radius 2 is 1.74 bits per heavy atom. The van der Waals surface area contributed by atoms with Gasteiger partial charge in [0.1, 0.15) is 0 Å². The van der Waals surface area contributed by atoms with Crippen molar-refractivity contribution in [1.29, 1.82) is 0 Å². The van der Waals surface area contributed by atoms with Crippen LogP contribution in [0.2, 0.25) is 0 Å². The lowest BCUT2D eigenvalue weighted by molar-refractivity contribution is 0.308. The lowest BCUT2D eigenvalue weighted by Crippen LogP contribution is -2.50. The average molecular weight is 290 g/mol. The molecule has 0 aromatic rings. The van der Waals surface area contributed by atoms with E-state index in [-0.39, 0.29) is 5.84 Å². The fourth-order valence-electron chi connectivity index (χ4n) is 2.80. The smallest absolute Gasteiger partial charge is 0.282 e. The number of amidine groups is 1. The van der Waals surface area contributed by atoms with Gasteiger partial charge in [0.05, 0.1) is 6.04 Å². The van der Waals surface area contributed by atoms with Gasteiger partial charge in [0.25, 0.3) is 10.2 Å². The molecule has 2 fully saturated rings. The molecule has 2 rings (SSSR count). The fourth-order valence-corrected chi connectivity index (χ4v) is 4.71. The van der Waals surface area contributed by atoms with Gasteiger partial charge in [0.15, 0.2) is 5.84 Å². The maximum atomic E-state index is 12.6. The van der Waals surface area contributed by atoms with Crippen molar-refractivity contribution in [3.8, 4) is 0 Å². The zero-order chi connectivity index (χ0) is 13.9. The zero-order valence-electron chi connectivity index (χ0n) is 11.0. The largest absolute Gasteiger partial charge is 0.409 e. The minimum Gasteiger partial charge on any atom is -0.409 e. The molecule has 0 spiro atoms. The summed E-state index contributed by atoms with van der Waals surface area (Å²) < 4.78 is 28.2. The standard InChI is InChI=1S/C11H22N4O3S/c12-11(13-16)10-6-5-9-15(10)19(17,18)14-7-3-1-2-4-8-14/h10,16H,1-9H2,(H2,12,13). The molecule has 3 N–H and O–H groups in total. The Labute approximate surface area is 114 Å². The Kier molecular flexibility index (Phi) is 4.64. The van der Waals surface area contributed by atoms with Crippen molar-refractivity contribution in [3.63, 3.8) is 0 Å². The van der Waals surface area contributed by atoms with Gasteiger partial charge in [-0.1, -0.05) is 18.0 Å². The van der Waals surface area contributed by atoms with E-state index < -0.39 is 16.3 Å². The van der Waals surface area contributed by atoms with E-state index >= 15 is 0 Å². The van der Waals surface area contributed by atoms with Crippen molar-refractivity contribution < 1.29 is 13.6 Å². The van der Waals surface area contributed by atoms with Crippen LogP contribution in [0.1, 0.15) is 38.5 Å². The normalized spacial score (nSPS) is 28.4. The first-order valence-electron chi connectivity index (χ1n) is 6.81. The molecule has 2 heterocycles. The summed E-state index contributed by atoms with van der Waals surface area (Å²) in [6, 6.07) is -0.502. The maximum Gasteiger partial charge on any atom is 0.282 e. The summed E-state index contributed by atoms with van der Waals surface area (Å²) in [6.07, 6.45) is 5.32. The van der Waals surface area contributed by atoms with Gasteiger partial charge in [-0.05, 0) is 25.7 Å². The highest BCUT2D eigenvalue weighted by Gasteiger charge is 2.40. The van der Waals surface area contributed by atoms with E-state index in [0.29, 0.717) is 26.1 Å². The van der Waals surface area contributed by atoms with E-state index in [0.717, 1.165) is 32.1 Å². The molecule has 0 radical (unpaired) electrons. The monoisotopic (exact) mass is 290 g/mol. The van der Waals surface area contributed by atoms with Crippen molar-refractivity contribution in [2.75, 3.05) is 19.6 Å². The third-order valence-electron chi connectivity index (χ3n) is 3.85. The summed E-state index contributed by atoms with van der Waals surface area (Å²) >= 11 is 0. The summed E-state index contributed by atoms with van der Waals surface area (Å²) in [7, 11) is -3.49. The first-order valence-corrected chi connectivity index (χ1v) is 8.21. The van der Waals surface area contributed by atoms with Crippen LogP contribution in [-0.4, -0.2) is 53.7 Å². The Morgan fingerprint density at radius 3 is 2.32 bits per heavy atom. The van der Waals surface area contributed by atoms with E-state index in [1.54, 1.807) is 4.31 Å². The van der Waals surface area contributed by atoms with E-state index in [1.807, 2.05) is 0 Å². The molecule has 1 unspecified atom stereocenters. The van der Waals surface area contributed by atoms with Crippen molar-refractivity contribution in [2.45, 2.75) is 44.6 Å². The molecule has 0 aliphatic carbocycles. The third kappa shape index (κ3) is 3.01. The van der Waals surface area contributed by atoms with Crippen LogP contribution in [0.5, 0.6) is 0 Å². The molecule has 7 nitrogen and oxygen atoms in total. The quantitative estimate of drug-likeness (QED) is 0.338. The topological polar surface area (TPSA) is 99.2 Å². The second kappa shape index (κ2) is 6.06. The SMILES string of the molecule is NC(=NO)C1CCCN1S(=O)(=O)N1CCCCCC1. The molecule has 1 atom stereocenters. The highest BCUT2D eigenvalue weighted by molar-refractivity contribution is 7.86. The second-order valence-electron chi connectivity index (χ2n) is 5.11. The Hall–Kier alpha value is -0.860. The van der Waals surface area contributed by atoms with Crippen LogP contribution in [-0.2, 0) is 10.2 Å². The number of hydrogen-bond acceptors (Lipinski definition) is 4. The van der Waals surface area contributed by atoms with E-state index in [4.69, 9.17) is 10.9 Å². The molecule has 0 bridgehead atoms. The summed E-state index contributed by atoms with van der Waals surface area (Å²) in [5, 5.41) is 11.7. The Balaban J connectivity index is 2.18. The van der Waals surface area contributed by atoms with Gasteiger partial charge in [-0.3, -0.25) is 0 Å². The van der Waals surface area contributed by atoms with Gasteiger partial charge in [-0.2, -0.15) is 17.0 Å². The second-order valence-corrected chi connectivity index (χ2v) is 7.00. The van der Waals surface area contributed by atoms with Crippen LogP contribution in [0.15, 0.2) is 5.16 Å². The van der Waals surface area contributed by atoms with Crippen molar-refractivity contribution in [1.82, 2.24) is 8.61 Å². The lowest BCUT2D eigenvalue weighted by Gasteiger charge is -2.29. The molecular formula is C11H22N4O3S. The minimum absolute atomic E-state index is 0.0177. The van der Waals surface area contributed by atoms with E-state index in [1.165, 1.54) is 4.31 Å². The Bertz CT molecular complexity index is 429. The molecule has 110 valence electrons. The van der Waals surface area contributed by atoms with Crippen molar-refractivity contribution in [2.24, 2.45) is 10.9 Å². The predicted molar refractivity (Wildman–Crippen MR) is 72.1 cm³/mol. The number of hydrogen-bond donors (Lipinski definition) is 2. The molecule has 0 saturated carbocycles. The molecule has 0 aromatic carbocycles. The van der Waals surface area contributed by atoms with Gasteiger partial charge < -0.3 is 10.9 Å². The van der Waals surface area contributed by atoms with Crippen LogP contribution in [0.25, 0.3) is 0 Å². The summed E-state index contributed by atoms with van der Waals surface area (Å²) in [5.74, 6) is -0.0177. The first kappa shape index (κ1) is 14.5. The maximum absolute atomic E-state index is 12.6. The van der Waals surface area contributed by atoms with Crippen LogP contribution >= 0.6 is 0 Å². The molecule has 19 heavy (non-hydrogen) atoms. The molecule has 2 saturated heterocycles. The molecule has 0 aromatic heterocycles. The highest BCUT2D eigenvalue weighted by Crippen LogP contribution is 2.25. The molecule has 8 heteroatoms. The van der Waals surface area contributed by atoms with Crippen LogP contribution in [0.3, 0.4) is 0 Å². The number of nitrogens with zero attached hydrogens (tertiary/aromatic N) is 3. The summed E-state index contributed by atoms with van der Waals surface area (Å²) in [5.41, 5.74) is 5.60. The van der Waals surface area contributed by atoms with E-state index in [9.17, 15) is 8.42 Å². The summed E-state index contributed by atoms with van der Waals surface area (Å²) in [6.45, 7) is 1.59. The van der Waals surface area contributed by atoms with Gasteiger partial charge in [-0.25, -0.2) is 0 Å². The Morgan fingerprint density at radius 1 is 1.11 bits per heavy atom. The van der Waals surface area contributed by atoms with Gasteiger partial charge >= 0.3 is 0 Å². The highest BCUT2D eigenvalue weighted by atomic mass is 32.2. The lowest BCUT2D eigenvalue weighted by atomic mass is 10.2. The van der Waals surface area contributed by atoms with Gasteiger partial charge in [0, 0.05) is 19.6 Å². The van der Waals surface area contributed by atoms with Crippen molar-refractivity contribution >= 4 is 16.0 Å². The molecule has 2 aliphatic rings. The van der Waals surface area contributed by atoms with Gasteiger partial charge in [0.2, 0.25) is 0 Å². The predicted octanol–water partition coefficient (Wildman–Crippen LogP) is 0.318. The molecular weight excluding hydrogens is 268 g/mol. The van der Waals surface area contributed by atoms with Crippen LogP contribution in [0.4, 0.5) is 0 Å². The number of nitrogens with two attached hydrogens (primary N) is 1. The van der Waals surface area contributed by atoms with Gasteiger partial charge in [-0.15, -0.1) is 0 Å². The zero-order valence-corrected chi connectivity index (χ0v) is 11.8. The fraction of sp³-hybridized carbons (Fsp3) is 0.909. The number of oxime groups is 1. The molecule has 0 amide bonds. The summed E-state index contributed by atoms with van der Waals surface area (Å²) in [4.78, 5) is 0. The van der Waals surface area contributed by atoms with Crippen molar-refractivity contribution in [3.05, 3.63) is 0 Å². The first-order chi connectivity index (χ1) is 9.07. The van der Waals surface area contributed by atoms with Crippen LogP contribution in [0, 0.1) is 0 Å². The van der Waals surface area contributed by atoms with E-state index in [2.05, 4.69) is 5.16 Å². The minimum atomic E-state index is -3.49. The molecule has 2 aliphatic heterocycles. The van der Waals surface area contributed by atoms with Crippen LogP contribution < -0.4 is 5.73 Å². The average Bonchev–Trinajstić information content (AvgIpc) is 2.73. The third-order valence-corrected chi connectivity index (χ3v) is 5.90. The number of rotatable bonds is 3.